The van der Waals surface area contributed by atoms with E-state index >= 15 is 0 Å². The highest BCUT2D eigenvalue weighted by Gasteiger charge is 2.23. The number of phosphoric acid groups is 1. The third-order valence-electron chi connectivity index (χ3n) is 8.36. The maximum Gasteiger partial charge on any atom is 0.472 e. The quantitative estimate of drug-likeness (QED) is 0.0244. The zero-order valence-electron chi connectivity index (χ0n) is 33.9. The molecule has 2 unspecified atom stereocenters. The van der Waals surface area contributed by atoms with E-state index in [0.717, 1.165) is 64.2 Å². The van der Waals surface area contributed by atoms with Crippen LogP contribution in [0.5, 0.6) is 0 Å². The Labute approximate surface area is 329 Å². The first-order valence-corrected chi connectivity index (χ1v) is 22.4. The number of hydrogen-bond donors (Lipinski definition) is 3. The third-order valence-corrected chi connectivity index (χ3v) is 9.34. The Bertz CT molecular complexity index is 1110. The zero-order valence-corrected chi connectivity index (χ0v) is 34.8. The Kier molecular flexibility index (Phi) is 38.2. The van der Waals surface area contributed by atoms with Crippen molar-refractivity contribution in [1.29, 1.82) is 0 Å². The molecule has 2 atom stereocenters. The van der Waals surface area contributed by atoms with Crippen molar-refractivity contribution in [3.63, 3.8) is 0 Å². The smallest absolute Gasteiger partial charge is 0.463 e. The van der Waals surface area contributed by atoms with Crippen LogP contribution < -0.4 is 5.32 Å². The highest BCUT2D eigenvalue weighted by Crippen LogP contribution is 2.42. The van der Waals surface area contributed by atoms with Crippen molar-refractivity contribution in [2.24, 2.45) is 0 Å². The summed E-state index contributed by atoms with van der Waals surface area (Å²) in [5.41, 5.74) is 0. The summed E-state index contributed by atoms with van der Waals surface area (Å²) in [4.78, 5) is 33.8. The van der Waals surface area contributed by atoms with Gasteiger partial charge in [-0.3, -0.25) is 18.6 Å². The summed E-state index contributed by atoms with van der Waals surface area (Å²) >= 11 is 0. The van der Waals surface area contributed by atoms with Gasteiger partial charge < -0.3 is 20.1 Å². The lowest BCUT2D eigenvalue weighted by atomic mass is 10.1. The molecule has 0 aromatic carbocycles. The summed E-state index contributed by atoms with van der Waals surface area (Å²) in [6.45, 7) is 3.40. The summed E-state index contributed by atoms with van der Waals surface area (Å²) in [5.74, 6) is -0.593. The molecule has 9 nitrogen and oxygen atoms in total. The van der Waals surface area contributed by atoms with Gasteiger partial charge in [0.2, 0.25) is 5.91 Å². The van der Waals surface area contributed by atoms with E-state index in [1.54, 1.807) is 0 Å². The second kappa shape index (κ2) is 40.1. The van der Waals surface area contributed by atoms with E-state index in [1.165, 1.54) is 57.8 Å². The van der Waals surface area contributed by atoms with E-state index < -0.39 is 26.5 Å². The Balaban J connectivity index is 3.73. The lowest BCUT2D eigenvalue weighted by molar-refractivity contribution is -0.147. The van der Waals surface area contributed by atoms with E-state index in [1.807, 2.05) is 0 Å². The van der Waals surface area contributed by atoms with Gasteiger partial charge in [0.05, 0.1) is 13.2 Å². The summed E-state index contributed by atoms with van der Waals surface area (Å²) in [6, 6.07) is 0. The van der Waals surface area contributed by atoms with Gasteiger partial charge in [0.15, 0.2) is 0 Å². The fraction of sp³-hybridized carbons (Fsp3) is 0.682. The molecule has 310 valence electrons. The third kappa shape index (κ3) is 40.6. The van der Waals surface area contributed by atoms with Crippen LogP contribution in [0.1, 0.15) is 162 Å². The number of hydrogen-bond acceptors (Lipinski definition) is 7. The van der Waals surface area contributed by atoms with E-state index in [-0.39, 0.29) is 32.1 Å². The van der Waals surface area contributed by atoms with Crippen LogP contribution in [-0.2, 0) is 27.9 Å². The molecule has 0 bridgehead atoms. The fourth-order valence-electron chi connectivity index (χ4n) is 5.17. The molecule has 0 rings (SSSR count). The van der Waals surface area contributed by atoms with E-state index in [4.69, 9.17) is 13.8 Å². The van der Waals surface area contributed by atoms with Crippen molar-refractivity contribution in [3.05, 3.63) is 72.9 Å². The Morgan fingerprint density at radius 2 is 1.02 bits per heavy atom. The SMILES string of the molecule is CCCCC/C=C\C/C=C\C/C=C\C/C=C\CCCC(=O)NCCOP(=O)(O)OCC(O)COC(=O)CCCCCCC/C=C\C/C=C\CCCCCC. The number of rotatable bonds is 38. The second-order valence-electron chi connectivity index (χ2n) is 13.6. The van der Waals surface area contributed by atoms with Gasteiger partial charge in [-0.25, -0.2) is 4.57 Å². The number of phosphoric ester groups is 1. The van der Waals surface area contributed by atoms with Gasteiger partial charge in [0, 0.05) is 19.4 Å². The van der Waals surface area contributed by atoms with Crippen LogP contribution >= 0.6 is 7.82 Å². The number of carbonyl (C=O) groups excluding carboxylic acids is 2. The first kappa shape index (κ1) is 51.5. The highest BCUT2D eigenvalue weighted by molar-refractivity contribution is 7.47. The molecule has 1 amide bonds. The molecular formula is C44H76NO8P. The van der Waals surface area contributed by atoms with Gasteiger partial charge in [-0.2, -0.15) is 0 Å². The van der Waals surface area contributed by atoms with Crippen molar-refractivity contribution in [1.82, 2.24) is 5.32 Å². The molecule has 54 heavy (non-hydrogen) atoms. The number of unbranched alkanes of at least 4 members (excludes halogenated alkanes) is 13. The Hall–Kier alpha value is -2.55. The lowest BCUT2D eigenvalue weighted by Crippen LogP contribution is -2.27. The minimum absolute atomic E-state index is 0.0471. The average Bonchev–Trinajstić information content (AvgIpc) is 3.16. The van der Waals surface area contributed by atoms with Gasteiger partial charge in [-0.15, -0.1) is 0 Å². The Morgan fingerprint density at radius 3 is 1.57 bits per heavy atom. The molecule has 10 heteroatoms. The van der Waals surface area contributed by atoms with Gasteiger partial charge in [0.25, 0.3) is 0 Å². The maximum atomic E-state index is 12.1. The van der Waals surface area contributed by atoms with Crippen LogP contribution in [0.4, 0.5) is 0 Å². The van der Waals surface area contributed by atoms with Gasteiger partial charge in [0.1, 0.15) is 12.7 Å². The van der Waals surface area contributed by atoms with Gasteiger partial charge in [-0.1, -0.05) is 138 Å². The summed E-state index contributed by atoms with van der Waals surface area (Å²) in [5, 5.41) is 12.6. The second-order valence-corrected chi connectivity index (χ2v) is 15.1. The van der Waals surface area contributed by atoms with E-state index in [9.17, 15) is 24.2 Å². The van der Waals surface area contributed by atoms with Crippen molar-refractivity contribution < 1.29 is 37.9 Å². The van der Waals surface area contributed by atoms with E-state index in [0.29, 0.717) is 19.3 Å². The number of nitrogens with one attached hydrogen (secondary N) is 1. The van der Waals surface area contributed by atoms with Crippen LogP contribution in [0, 0.1) is 0 Å². The molecule has 0 aliphatic rings. The summed E-state index contributed by atoms with van der Waals surface area (Å²) < 4.78 is 26.8. The minimum Gasteiger partial charge on any atom is -0.463 e. The monoisotopic (exact) mass is 778 g/mol. The van der Waals surface area contributed by atoms with Crippen LogP contribution in [-0.4, -0.2) is 54.3 Å². The van der Waals surface area contributed by atoms with Gasteiger partial charge in [-0.05, 0) is 83.5 Å². The number of esters is 1. The van der Waals surface area contributed by atoms with Crippen molar-refractivity contribution in [2.75, 3.05) is 26.4 Å². The first-order chi connectivity index (χ1) is 26.3. The molecule has 0 aliphatic carbocycles. The van der Waals surface area contributed by atoms with Crippen LogP contribution in [0.25, 0.3) is 0 Å². The number of amides is 1. The highest BCUT2D eigenvalue weighted by atomic mass is 31.2. The number of aliphatic hydroxyl groups is 1. The maximum absolute atomic E-state index is 12.1. The Morgan fingerprint density at radius 1 is 0.574 bits per heavy atom. The molecule has 0 fully saturated rings. The fourth-order valence-corrected chi connectivity index (χ4v) is 5.92. The zero-order chi connectivity index (χ0) is 39.6. The molecule has 0 heterocycles. The molecule has 0 aromatic rings. The number of ether oxygens (including phenoxy) is 1. The topological polar surface area (TPSA) is 131 Å². The molecule has 0 aromatic heterocycles. The number of allylic oxidation sites excluding steroid dienone is 12. The van der Waals surface area contributed by atoms with Crippen molar-refractivity contribution in [2.45, 2.75) is 168 Å². The molecule has 0 radical (unpaired) electrons. The predicted octanol–water partition coefficient (Wildman–Crippen LogP) is 11.5. The molecule has 0 spiro atoms. The number of aliphatic hydroxyl groups excluding tert-OH is 1. The first-order valence-electron chi connectivity index (χ1n) is 20.9. The molecule has 0 saturated heterocycles. The standard InChI is InChI=1S/C44H76NO8P/c1-3-5-7-9-11-13-15-17-19-21-22-24-26-28-30-32-34-36-43(47)45-38-39-52-54(49,50)53-41-42(46)40-51-44(48)37-35-33-31-29-27-25-23-20-18-16-14-12-10-8-6-4-2/h11,13-14,16-17,19-20,22-24,28,30,42,46H,3-10,12,15,18,21,25-27,29,31-41H2,1-2H3,(H,45,47)(H,49,50)/b13-11-,16-14-,19-17-,23-20-,24-22-,30-28-. The average molecular weight is 778 g/mol. The van der Waals surface area contributed by atoms with E-state index in [2.05, 4.69) is 92.1 Å². The van der Waals surface area contributed by atoms with Gasteiger partial charge >= 0.3 is 13.8 Å². The van der Waals surface area contributed by atoms with Crippen LogP contribution in [0.3, 0.4) is 0 Å². The lowest BCUT2D eigenvalue weighted by Gasteiger charge is -2.15. The molecule has 0 saturated carbocycles. The molecule has 3 N–H and O–H groups in total. The predicted molar refractivity (Wildman–Crippen MR) is 224 cm³/mol. The van der Waals surface area contributed by atoms with Crippen LogP contribution in [0.2, 0.25) is 0 Å². The number of carbonyl (C=O) groups is 2. The summed E-state index contributed by atoms with van der Waals surface area (Å²) in [7, 11) is -4.44. The molecular weight excluding hydrogens is 701 g/mol. The normalized spacial score (nSPS) is 14.1. The van der Waals surface area contributed by atoms with Crippen molar-refractivity contribution in [3.8, 4) is 0 Å². The molecule has 0 aliphatic heterocycles. The van der Waals surface area contributed by atoms with Crippen molar-refractivity contribution >= 4 is 19.7 Å². The largest absolute Gasteiger partial charge is 0.472 e. The minimum atomic E-state index is -4.44. The summed E-state index contributed by atoms with van der Waals surface area (Å²) in [6.07, 6.45) is 48.3. The van der Waals surface area contributed by atoms with Crippen LogP contribution in [0.15, 0.2) is 72.9 Å².